The molecule has 2 aromatic heterocycles. The van der Waals surface area contributed by atoms with E-state index in [9.17, 15) is 0 Å². The SMILES string of the molecule is CSCCCCCn1c(CC2CC2)nc2c(N)nc(C)c(C)c21. The lowest BCUT2D eigenvalue weighted by Gasteiger charge is -2.11. The third-order valence-electron chi connectivity index (χ3n) is 4.87. The number of hydrogen-bond donors (Lipinski definition) is 1. The second kappa shape index (κ2) is 7.12. The van der Waals surface area contributed by atoms with E-state index in [1.54, 1.807) is 0 Å². The number of nitrogen functional groups attached to an aromatic ring is 1. The lowest BCUT2D eigenvalue weighted by molar-refractivity contribution is 0.582. The Morgan fingerprint density at radius 2 is 1.96 bits per heavy atom. The molecule has 0 amide bonds. The minimum absolute atomic E-state index is 0.585. The summed E-state index contributed by atoms with van der Waals surface area (Å²) in [4.78, 5) is 9.35. The van der Waals surface area contributed by atoms with Crippen molar-refractivity contribution in [1.82, 2.24) is 14.5 Å². The van der Waals surface area contributed by atoms with E-state index in [4.69, 9.17) is 10.7 Å². The van der Waals surface area contributed by atoms with Crippen molar-refractivity contribution in [3.05, 3.63) is 17.1 Å². The highest BCUT2D eigenvalue weighted by molar-refractivity contribution is 7.98. The molecule has 0 radical (unpaired) electrons. The molecule has 23 heavy (non-hydrogen) atoms. The minimum atomic E-state index is 0.585. The molecule has 0 saturated heterocycles. The molecule has 1 fully saturated rings. The van der Waals surface area contributed by atoms with Gasteiger partial charge >= 0.3 is 0 Å². The monoisotopic (exact) mass is 332 g/mol. The third-order valence-corrected chi connectivity index (χ3v) is 5.57. The van der Waals surface area contributed by atoms with Crippen molar-refractivity contribution in [3.63, 3.8) is 0 Å². The van der Waals surface area contributed by atoms with Gasteiger partial charge in [0.2, 0.25) is 0 Å². The van der Waals surface area contributed by atoms with Crippen molar-refractivity contribution < 1.29 is 0 Å². The normalized spacial score (nSPS) is 14.7. The van der Waals surface area contributed by atoms with Crippen LogP contribution in [0, 0.1) is 19.8 Å². The van der Waals surface area contributed by atoms with Crippen LogP contribution in [0.5, 0.6) is 0 Å². The fraction of sp³-hybridized carbons (Fsp3) is 0.667. The first-order valence-corrected chi connectivity index (χ1v) is 10.1. The van der Waals surface area contributed by atoms with Crippen LogP contribution in [0.2, 0.25) is 0 Å². The summed E-state index contributed by atoms with van der Waals surface area (Å²) in [6, 6.07) is 0. The fourth-order valence-electron chi connectivity index (χ4n) is 3.22. The van der Waals surface area contributed by atoms with Crippen molar-refractivity contribution in [2.75, 3.05) is 17.7 Å². The second-order valence-electron chi connectivity index (χ2n) is 6.79. The van der Waals surface area contributed by atoms with Gasteiger partial charge in [-0.05, 0) is 63.0 Å². The van der Waals surface area contributed by atoms with Gasteiger partial charge < -0.3 is 10.3 Å². The van der Waals surface area contributed by atoms with E-state index in [-0.39, 0.29) is 0 Å². The summed E-state index contributed by atoms with van der Waals surface area (Å²) in [5, 5.41) is 0. The number of nitrogens with zero attached hydrogens (tertiary/aromatic N) is 3. The lowest BCUT2D eigenvalue weighted by Crippen LogP contribution is -2.07. The van der Waals surface area contributed by atoms with Gasteiger partial charge in [0.1, 0.15) is 11.3 Å². The number of thioether (sulfide) groups is 1. The number of fused-ring (bicyclic) bond motifs is 1. The molecule has 4 nitrogen and oxygen atoms in total. The van der Waals surface area contributed by atoms with Crippen LogP contribution < -0.4 is 5.73 Å². The smallest absolute Gasteiger partial charge is 0.151 e. The molecule has 0 unspecified atom stereocenters. The van der Waals surface area contributed by atoms with Crippen LogP contribution in [-0.2, 0) is 13.0 Å². The maximum Gasteiger partial charge on any atom is 0.151 e. The van der Waals surface area contributed by atoms with Crippen LogP contribution in [0.1, 0.15) is 49.2 Å². The molecule has 126 valence electrons. The lowest BCUT2D eigenvalue weighted by atomic mass is 10.2. The predicted molar refractivity (Wildman–Crippen MR) is 100 cm³/mol. The molecule has 0 spiro atoms. The van der Waals surface area contributed by atoms with Crippen molar-refractivity contribution in [2.45, 2.75) is 58.9 Å². The fourth-order valence-corrected chi connectivity index (χ4v) is 3.71. The van der Waals surface area contributed by atoms with Gasteiger partial charge in [-0.3, -0.25) is 0 Å². The third kappa shape index (κ3) is 3.65. The van der Waals surface area contributed by atoms with Crippen LogP contribution in [0.4, 0.5) is 5.82 Å². The van der Waals surface area contributed by atoms with Crippen molar-refractivity contribution in [1.29, 1.82) is 0 Å². The number of pyridine rings is 1. The molecule has 0 aromatic carbocycles. The molecule has 0 aliphatic heterocycles. The van der Waals surface area contributed by atoms with Gasteiger partial charge in [-0.25, -0.2) is 9.97 Å². The maximum atomic E-state index is 6.16. The van der Waals surface area contributed by atoms with Gasteiger partial charge in [0, 0.05) is 18.7 Å². The number of unbranched alkanes of at least 4 members (excludes halogenated alkanes) is 2. The second-order valence-corrected chi connectivity index (χ2v) is 7.77. The Morgan fingerprint density at radius 1 is 1.17 bits per heavy atom. The molecule has 2 N–H and O–H groups in total. The maximum absolute atomic E-state index is 6.16. The molecule has 3 rings (SSSR count). The predicted octanol–water partition coefficient (Wildman–Crippen LogP) is 4.12. The van der Waals surface area contributed by atoms with E-state index in [0.717, 1.165) is 30.1 Å². The zero-order valence-electron chi connectivity index (χ0n) is 14.6. The zero-order chi connectivity index (χ0) is 16.4. The van der Waals surface area contributed by atoms with Crippen LogP contribution in [-0.4, -0.2) is 26.5 Å². The first-order valence-electron chi connectivity index (χ1n) is 8.72. The van der Waals surface area contributed by atoms with E-state index in [0.29, 0.717) is 5.82 Å². The molecular formula is C18H28N4S. The highest BCUT2D eigenvalue weighted by Gasteiger charge is 2.26. The number of aromatic nitrogens is 3. The van der Waals surface area contributed by atoms with Crippen LogP contribution >= 0.6 is 11.8 Å². The topological polar surface area (TPSA) is 56.7 Å². The summed E-state index contributed by atoms with van der Waals surface area (Å²) in [7, 11) is 0. The summed E-state index contributed by atoms with van der Waals surface area (Å²) in [5.41, 5.74) is 10.5. The highest BCUT2D eigenvalue weighted by atomic mass is 32.2. The Balaban J connectivity index is 1.90. The van der Waals surface area contributed by atoms with Gasteiger partial charge in [0.25, 0.3) is 0 Å². The summed E-state index contributed by atoms with van der Waals surface area (Å²) >= 11 is 1.93. The van der Waals surface area contributed by atoms with Gasteiger partial charge in [0.15, 0.2) is 5.82 Å². The first-order chi connectivity index (χ1) is 11.1. The number of nitrogens with two attached hydrogens (primary N) is 1. The quantitative estimate of drug-likeness (QED) is 0.739. The van der Waals surface area contributed by atoms with E-state index < -0.39 is 0 Å². The van der Waals surface area contributed by atoms with E-state index >= 15 is 0 Å². The van der Waals surface area contributed by atoms with Crippen molar-refractivity contribution in [3.8, 4) is 0 Å². The Hall–Kier alpha value is -1.23. The molecule has 5 heteroatoms. The highest BCUT2D eigenvalue weighted by Crippen LogP contribution is 2.34. The number of aryl methyl sites for hydroxylation is 3. The summed E-state index contributed by atoms with van der Waals surface area (Å²) in [5.74, 6) is 3.89. The molecule has 1 aliphatic rings. The van der Waals surface area contributed by atoms with E-state index in [1.165, 1.54) is 54.8 Å². The number of rotatable bonds is 8. The largest absolute Gasteiger partial charge is 0.382 e. The Bertz CT molecular complexity index is 688. The molecule has 2 heterocycles. The van der Waals surface area contributed by atoms with Gasteiger partial charge in [-0.1, -0.05) is 6.42 Å². The zero-order valence-corrected chi connectivity index (χ0v) is 15.4. The Kier molecular flexibility index (Phi) is 5.14. The van der Waals surface area contributed by atoms with Crippen LogP contribution in [0.25, 0.3) is 11.0 Å². The van der Waals surface area contributed by atoms with Crippen molar-refractivity contribution >= 4 is 28.6 Å². The number of hydrogen-bond acceptors (Lipinski definition) is 4. The van der Waals surface area contributed by atoms with Gasteiger partial charge in [-0.15, -0.1) is 0 Å². The van der Waals surface area contributed by atoms with Crippen LogP contribution in [0.3, 0.4) is 0 Å². The number of anilines is 1. The van der Waals surface area contributed by atoms with Gasteiger partial charge in [0.05, 0.1) is 5.52 Å². The molecule has 0 bridgehead atoms. The summed E-state index contributed by atoms with van der Waals surface area (Å²) in [6.45, 7) is 5.25. The molecule has 2 aromatic rings. The van der Waals surface area contributed by atoms with E-state index in [2.05, 4.69) is 22.7 Å². The van der Waals surface area contributed by atoms with Crippen molar-refractivity contribution in [2.24, 2.45) is 5.92 Å². The summed E-state index contributed by atoms with van der Waals surface area (Å²) in [6.07, 6.45) is 9.77. The van der Waals surface area contributed by atoms with Crippen LogP contribution in [0.15, 0.2) is 0 Å². The standard InChI is InChI=1S/C18H28N4S/c1-12-13(2)20-18(19)16-17(12)22(9-5-4-6-10-23-3)15(21-16)11-14-7-8-14/h14H,4-11H2,1-3H3,(H2,19,20). The van der Waals surface area contributed by atoms with E-state index in [1.807, 2.05) is 18.7 Å². The van der Waals surface area contributed by atoms with Gasteiger partial charge in [-0.2, -0.15) is 11.8 Å². The summed E-state index contributed by atoms with van der Waals surface area (Å²) < 4.78 is 2.44. The molecule has 1 saturated carbocycles. The minimum Gasteiger partial charge on any atom is -0.382 e. The first kappa shape index (κ1) is 16.6. The Morgan fingerprint density at radius 3 is 2.65 bits per heavy atom. The molecular weight excluding hydrogens is 304 g/mol. The number of imidazole rings is 1. The average molecular weight is 333 g/mol. The molecule has 1 aliphatic carbocycles. The molecule has 0 atom stereocenters. The average Bonchev–Trinajstić information content (AvgIpc) is 3.26. The Labute approximate surface area is 143 Å².